The molecule has 3 unspecified atom stereocenters. The van der Waals surface area contributed by atoms with Gasteiger partial charge in [-0.1, -0.05) is 82.2 Å². The van der Waals surface area contributed by atoms with Crippen molar-refractivity contribution < 1.29 is 75.2 Å². The van der Waals surface area contributed by atoms with Gasteiger partial charge in [-0.15, -0.1) is 0 Å². The maximum Gasteiger partial charge on any atom is 1.00 e. The van der Waals surface area contributed by atoms with Crippen molar-refractivity contribution in [2.45, 2.75) is 109 Å². The molecular formula is C21H40KO5PS. The largest absolute Gasteiger partial charge is 1.00 e. The Balaban J connectivity index is 0.00000784. The van der Waals surface area contributed by atoms with Crippen LogP contribution in [0.2, 0.25) is 0 Å². The van der Waals surface area contributed by atoms with Crippen LogP contribution < -0.4 is 56.3 Å². The van der Waals surface area contributed by atoms with E-state index in [1.54, 1.807) is 0 Å². The summed E-state index contributed by atoms with van der Waals surface area (Å²) in [6.45, 7) is -1.18. The standard InChI is InChI=1S/C21H41O5PS.K/c1-2-3-4-5-6-7-8-9-10-11-12-13-14-15-16-17-21-24-18-20(26-21)19-25-27(22,23)28;/h8-9,20-21H,2-7,10-19H2,1H3,(H2,22,23,28);/q;+1/p-1. The van der Waals surface area contributed by atoms with Crippen LogP contribution in [0, 0.1) is 0 Å². The molecule has 1 fully saturated rings. The predicted octanol–water partition coefficient (Wildman–Crippen LogP) is 2.36. The molecule has 1 rings (SSSR count). The number of ether oxygens (including phenoxy) is 2. The van der Waals surface area contributed by atoms with Gasteiger partial charge in [-0.25, -0.2) is 0 Å². The fourth-order valence-electron chi connectivity index (χ4n) is 3.31. The Labute approximate surface area is 226 Å². The first kappa shape index (κ1) is 30.8. The zero-order valence-electron chi connectivity index (χ0n) is 18.6. The minimum absolute atomic E-state index is 0. The molecule has 5 nitrogen and oxygen atoms in total. The van der Waals surface area contributed by atoms with Crippen LogP contribution >= 0.6 is 6.72 Å². The van der Waals surface area contributed by atoms with E-state index in [1.165, 1.54) is 77.0 Å². The smallest absolute Gasteiger partial charge is 0.780 e. The Morgan fingerprint density at radius 1 is 1.00 bits per heavy atom. The summed E-state index contributed by atoms with van der Waals surface area (Å²) in [6, 6.07) is 0. The quantitative estimate of drug-likeness (QED) is 0.142. The van der Waals surface area contributed by atoms with Gasteiger partial charge in [0, 0.05) is 0 Å². The van der Waals surface area contributed by atoms with Crippen LogP contribution in [-0.2, 0) is 25.8 Å². The Hall–Kier alpha value is 1.83. The number of hydrogen-bond acceptors (Lipinski definition) is 5. The third-order valence-corrected chi connectivity index (χ3v) is 5.73. The van der Waals surface area contributed by atoms with Gasteiger partial charge >= 0.3 is 51.4 Å². The Morgan fingerprint density at radius 3 is 2.14 bits per heavy atom. The van der Waals surface area contributed by atoms with Crippen LogP contribution in [-0.4, -0.2) is 30.5 Å². The second-order valence-electron chi connectivity index (χ2n) is 7.66. The van der Waals surface area contributed by atoms with Gasteiger partial charge in [0.2, 0.25) is 0 Å². The monoisotopic (exact) mass is 474 g/mol. The van der Waals surface area contributed by atoms with Crippen molar-refractivity contribution in [2.75, 3.05) is 13.2 Å². The molecule has 8 heteroatoms. The summed E-state index contributed by atoms with van der Waals surface area (Å²) in [4.78, 5) is 19.9. The molecule has 29 heavy (non-hydrogen) atoms. The number of unbranched alkanes of at least 4 members (excludes halogenated alkanes) is 11. The molecule has 1 aliphatic heterocycles. The minimum atomic E-state index is -3.85. The van der Waals surface area contributed by atoms with Crippen LogP contribution in [0.3, 0.4) is 0 Å². The first-order valence-corrected chi connectivity index (χ1v) is 13.7. The molecule has 0 aromatic rings. The number of allylic oxidation sites excluding steroid dienone is 2. The molecule has 0 radical (unpaired) electrons. The van der Waals surface area contributed by atoms with Gasteiger partial charge in [-0.3, -0.25) is 0 Å². The van der Waals surface area contributed by atoms with Gasteiger partial charge in [-0.2, -0.15) is 0 Å². The summed E-state index contributed by atoms with van der Waals surface area (Å²) in [5.41, 5.74) is 0. The van der Waals surface area contributed by atoms with Crippen LogP contribution in [0.1, 0.15) is 96.8 Å². The summed E-state index contributed by atoms with van der Waals surface area (Å²) in [6.07, 6.45) is 21.7. The van der Waals surface area contributed by atoms with Crippen LogP contribution in [0.5, 0.6) is 0 Å². The van der Waals surface area contributed by atoms with E-state index in [2.05, 4.69) is 30.9 Å². The van der Waals surface area contributed by atoms with Crippen molar-refractivity contribution in [3.63, 3.8) is 0 Å². The third kappa shape index (κ3) is 20.2. The number of hydrogen-bond donors (Lipinski definition) is 1. The second-order valence-corrected chi connectivity index (χ2v) is 10.2. The zero-order valence-corrected chi connectivity index (χ0v) is 23.4. The van der Waals surface area contributed by atoms with Crippen LogP contribution in [0.25, 0.3) is 0 Å². The van der Waals surface area contributed by atoms with Crippen molar-refractivity contribution in [3.8, 4) is 0 Å². The molecule has 166 valence electrons. The van der Waals surface area contributed by atoms with E-state index in [0.717, 1.165) is 12.8 Å². The molecule has 1 N–H and O–H groups in total. The maximum atomic E-state index is 10.9. The number of rotatable bonds is 18. The third-order valence-electron chi connectivity index (χ3n) is 4.94. The van der Waals surface area contributed by atoms with E-state index in [1.807, 2.05) is 0 Å². The molecule has 3 atom stereocenters. The fraction of sp³-hybridized carbons (Fsp3) is 0.905. The van der Waals surface area contributed by atoms with E-state index in [4.69, 9.17) is 18.9 Å². The fourth-order valence-corrected chi connectivity index (χ4v) is 3.84. The SMILES string of the molecule is CCCCCCCC=CCCCCCCCCC1OCC(COP([O-])(O)=S)O1.[K+]. The topological polar surface area (TPSA) is 71.0 Å². The molecule has 1 aliphatic rings. The molecular weight excluding hydrogens is 434 g/mol. The first-order valence-electron chi connectivity index (χ1n) is 11.1. The van der Waals surface area contributed by atoms with Crippen molar-refractivity contribution in [2.24, 2.45) is 0 Å². The Kier molecular flexibility index (Phi) is 21.7. The van der Waals surface area contributed by atoms with Gasteiger partial charge in [0.05, 0.1) is 13.2 Å². The van der Waals surface area contributed by atoms with E-state index in [9.17, 15) is 4.89 Å². The van der Waals surface area contributed by atoms with Gasteiger partial charge < -0.3 is 23.8 Å². The molecule has 0 saturated carbocycles. The summed E-state index contributed by atoms with van der Waals surface area (Å²) in [5, 5.41) is 0. The van der Waals surface area contributed by atoms with Gasteiger partial charge in [-0.05, 0) is 38.5 Å². The molecule has 0 bridgehead atoms. The molecule has 0 aromatic carbocycles. The summed E-state index contributed by atoms with van der Waals surface area (Å²) >= 11 is 4.31. The van der Waals surface area contributed by atoms with Crippen LogP contribution in [0.15, 0.2) is 12.2 Å². The van der Waals surface area contributed by atoms with E-state index >= 15 is 0 Å². The van der Waals surface area contributed by atoms with Gasteiger partial charge in [0.1, 0.15) is 12.8 Å². The normalized spacial score (nSPS) is 21.3. The maximum absolute atomic E-state index is 10.9. The molecule has 0 aliphatic carbocycles. The summed E-state index contributed by atoms with van der Waals surface area (Å²) in [5.74, 6) is 0. The second kappa shape index (κ2) is 20.4. The van der Waals surface area contributed by atoms with E-state index in [-0.39, 0.29) is 70.4 Å². The summed E-state index contributed by atoms with van der Waals surface area (Å²) < 4.78 is 15.9. The van der Waals surface area contributed by atoms with E-state index in [0.29, 0.717) is 6.61 Å². The van der Waals surface area contributed by atoms with Gasteiger partial charge in [0.25, 0.3) is 0 Å². The molecule has 0 spiro atoms. The zero-order chi connectivity index (χ0) is 20.5. The Bertz CT molecular complexity index is 447. The molecule has 0 aromatic heterocycles. The predicted molar refractivity (Wildman–Crippen MR) is 117 cm³/mol. The van der Waals surface area contributed by atoms with Crippen molar-refractivity contribution in [1.82, 2.24) is 0 Å². The average molecular weight is 475 g/mol. The first-order chi connectivity index (χ1) is 13.5. The van der Waals surface area contributed by atoms with Crippen molar-refractivity contribution in [3.05, 3.63) is 12.2 Å². The van der Waals surface area contributed by atoms with Gasteiger partial charge in [0.15, 0.2) is 6.29 Å². The molecule has 1 heterocycles. The van der Waals surface area contributed by atoms with Crippen molar-refractivity contribution in [1.29, 1.82) is 0 Å². The Morgan fingerprint density at radius 2 is 1.55 bits per heavy atom. The minimum Gasteiger partial charge on any atom is -0.780 e. The van der Waals surface area contributed by atoms with E-state index < -0.39 is 6.72 Å². The molecule has 0 amide bonds. The van der Waals surface area contributed by atoms with Crippen molar-refractivity contribution >= 4 is 18.5 Å². The average Bonchev–Trinajstić information content (AvgIpc) is 3.10. The summed E-state index contributed by atoms with van der Waals surface area (Å²) in [7, 11) is 0. The van der Waals surface area contributed by atoms with Crippen LogP contribution in [0.4, 0.5) is 0 Å². The molecule has 1 saturated heterocycles.